The molecule has 2 saturated heterocycles. The fraction of sp³-hybridized carbons (Fsp3) is 0.531. The average Bonchev–Trinajstić information content (AvgIpc) is 3.09. The van der Waals surface area contributed by atoms with Crippen molar-refractivity contribution in [1.82, 2.24) is 0 Å². The highest BCUT2D eigenvalue weighted by Crippen LogP contribution is 2.31. The van der Waals surface area contributed by atoms with E-state index in [-0.39, 0.29) is 49.1 Å². The van der Waals surface area contributed by atoms with E-state index >= 15 is 0 Å². The first-order valence-electron chi connectivity index (χ1n) is 15.0. The maximum absolute atomic E-state index is 12.8. The van der Waals surface area contributed by atoms with Crippen molar-refractivity contribution >= 4 is 5.78 Å². The second-order valence-corrected chi connectivity index (χ2v) is 11.4. The van der Waals surface area contributed by atoms with Crippen LogP contribution in [-0.2, 0) is 36.6 Å². The molecule has 9 atom stereocenters. The van der Waals surface area contributed by atoms with E-state index in [1.54, 1.807) is 24.3 Å². The largest absolute Gasteiger partial charge is 0.504 e. The third kappa shape index (κ3) is 8.60. The monoisotopic (exact) mass is 682 g/mol. The van der Waals surface area contributed by atoms with Gasteiger partial charge in [-0.3, -0.25) is 4.79 Å². The quantitative estimate of drug-likeness (QED) is 0.0981. The lowest BCUT2D eigenvalue weighted by Gasteiger charge is -2.39. The van der Waals surface area contributed by atoms with E-state index in [1.165, 1.54) is 26.4 Å². The molecule has 0 spiro atoms. The molecule has 2 aromatic rings. The number of hydrogen-bond donors (Lipinski definition) is 9. The molecule has 0 aliphatic carbocycles. The summed E-state index contributed by atoms with van der Waals surface area (Å²) in [5.74, 6) is -0.860. The van der Waals surface area contributed by atoms with Gasteiger partial charge in [0.15, 0.2) is 29.3 Å². The Morgan fingerprint density at radius 2 is 1.19 bits per heavy atom. The minimum absolute atomic E-state index is 0.0920. The molecular weight excluding hydrogens is 640 g/mol. The Bertz CT molecular complexity index is 1410. The fourth-order valence-electron chi connectivity index (χ4n) is 5.37. The summed E-state index contributed by atoms with van der Waals surface area (Å²) >= 11 is 0. The topological polar surface area (TPSA) is 255 Å². The molecule has 0 amide bonds. The number of methoxy groups -OCH3 is 2. The molecule has 2 aliphatic rings. The summed E-state index contributed by atoms with van der Waals surface area (Å²) in [6.45, 7) is -2.03. The smallest absolute Gasteiger partial charge is 0.221 e. The number of phenols is 2. The first-order valence-corrected chi connectivity index (χ1v) is 15.0. The van der Waals surface area contributed by atoms with Gasteiger partial charge in [0.2, 0.25) is 12.1 Å². The summed E-state index contributed by atoms with van der Waals surface area (Å²) < 4.78 is 33.2. The van der Waals surface area contributed by atoms with Crippen LogP contribution in [0.25, 0.3) is 0 Å². The highest BCUT2D eigenvalue weighted by atomic mass is 16.7. The molecule has 16 nitrogen and oxygen atoms in total. The Morgan fingerprint density at radius 1 is 0.688 bits per heavy atom. The second kappa shape index (κ2) is 16.8. The Labute approximate surface area is 275 Å². The zero-order valence-corrected chi connectivity index (χ0v) is 26.3. The fourth-order valence-corrected chi connectivity index (χ4v) is 5.37. The van der Waals surface area contributed by atoms with Gasteiger partial charge in [-0.25, -0.2) is 0 Å². The van der Waals surface area contributed by atoms with E-state index in [0.29, 0.717) is 22.3 Å². The molecule has 2 heterocycles. The van der Waals surface area contributed by atoms with Crippen LogP contribution in [-0.4, -0.2) is 148 Å². The molecule has 9 N–H and O–H groups in total. The van der Waals surface area contributed by atoms with Crippen molar-refractivity contribution < 1.29 is 79.2 Å². The van der Waals surface area contributed by atoms with Crippen LogP contribution in [0, 0.1) is 0 Å². The molecule has 2 fully saturated rings. The van der Waals surface area contributed by atoms with E-state index in [4.69, 9.17) is 28.4 Å². The van der Waals surface area contributed by atoms with Gasteiger partial charge in [-0.1, -0.05) is 12.1 Å². The summed E-state index contributed by atoms with van der Waals surface area (Å²) in [5.41, 5.74) is 2.14. The van der Waals surface area contributed by atoms with Crippen LogP contribution in [0.5, 0.6) is 23.0 Å². The number of aromatic hydroxyl groups is 2. The predicted molar refractivity (Wildman–Crippen MR) is 162 cm³/mol. The van der Waals surface area contributed by atoms with Gasteiger partial charge in [0.05, 0.1) is 40.6 Å². The molecule has 0 radical (unpaired) electrons. The number of hydrogen-bond acceptors (Lipinski definition) is 16. The zero-order chi connectivity index (χ0) is 35.1. The molecular formula is C32H42O16. The van der Waals surface area contributed by atoms with Crippen LogP contribution >= 0.6 is 0 Å². The van der Waals surface area contributed by atoms with Crippen molar-refractivity contribution in [2.75, 3.05) is 40.6 Å². The van der Waals surface area contributed by atoms with E-state index in [1.807, 2.05) is 0 Å². The highest BCUT2D eigenvalue weighted by Gasteiger charge is 2.45. The number of phenolic OH excluding ortho intramolecular Hbond substituents is 2. The maximum atomic E-state index is 12.8. The minimum Gasteiger partial charge on any atom is -0.504 e. The van der Waals surface area contributed by atoms with Gasteiger partial charge in [0.25, 0.3) is 0 Å². The lowest BCUT2D eigenvalue weighted by Crippen LogP contribution is -2.59. The van der Waals surface area contributed by atoms with Gasteiger partial charge in [0.1, 0.15) is 42.7 Å². The van der Waals surface area contributed by atoms with Crippen molar-refractivity contribution in [2.45, 2.75) is 68.1 Å². The SMILES string of the molecule is COc1cc(C/C(CO[C@@H]2O[C@H](CO)[C@@H](O)[C@H](O)C2=O)=C(/CO[C@@H]2O[C@H](CO)[C@@H](O)[C@H](O)[C@H]2O)Cc2ccc(O)c(OC)c2)ccc1O. The molecule has 2 aromatic carbocycles. The molecule has 4 rings (SSSR count). The summed E-state index contributed by atoms with van der Waals surface area (Å²) in [6, 6.07) is 9.20. The van der Waals surface area contributed by atoms with Crippen LogP contribution in [0.2, 0.25) is 0 Å². The Kier molecular flexibility index (Phi) is 13.1. The number of aliphatic hydroxyl groups excluding tert-OH is 7. The van der Waals surface area contributed by atoms with Crippen LogP contribution in [0.15, 0.2) is 47.5 Å². The van der Waals surface area contributed by atoms with Crippen molar-refractivity contribution in [3.05, 3.63) is 58.7 Å². The maximum Gasteiger partial charge on any atom is 0.221 e. The number of rotatable bonds is 14. The Hall–Kier alpha value is -3.39. The Morgan fingerprint density at radius 3 is 1.69 bits per heavy atom. The van der Waals surface area contributed by atoms with Gasteiger partial charge in [-0.05, 0) is 59.4 Å². The summed E-state index contributed by atoms with van der Waals surface area (Å²) in [4.78, 5) is 12.8. The van der Waals surface area contributed by atoms with Gasteiger partial charge in [0, 0.05) is 0 Å². The van der Waals surface area contributed by atoms with Crippen molar-refractivity contribution in [2.24, 2.45) is 0 Å². The number of carbonyl (C=O) groups excluding carboxylic acids is 1. The molecule has 0 unspecified atom stereocenters. The van der Waals surface area contributed by atoms with Crippen LogP contribution in [0.4, 0.5) is 0 Å². The van der Waals surface area contributed by atoms with E-state index < -0.39 is 74.3 Å². The first kappa shape index (κ1) is 37.4. The van der Waals surface area contributed by atoms with Gasteiger partial charge < -0.3 is 74.4 Å². The van der Waals surface area contributed by atoms with Crippen molar-refractivity contribution in [3.8, 4) is 23.0 Å². The van der Waals surface area contributed by atoms with Crippen molar-refractivity contribution in [3.63, 3.8) is 0 Å². The van der Waals surface area contributed by atoms with Gasteiger partial charge in [-0.2, -0.15) is 0 Å². The molecule has 0 saturated carbocycles. The summed E-state index contributed by atoms with van der Waals surface area (Å²) in [5, 5.41) is 90.9. The lowest BCUT2D eigenvalue weighted by molar-refractivity contribution is -0.299. The molecule has 0 aromatic heterocycles. The summed E-state index contributed by atoms with van der Waals surface area (Å²) in [7, 11) is 2.75. The standard InChI is InChI=1S/C32H42O16/c1-43-21-9-15(3-5-19(21)35)7-17(13-45-31-29(41)27(39)25(37)23(11-33)47-31)18(8-16-4-6-20(36)22(10-16)44-2)14-46-32-30(42)28(40)26(38)24(12-34)48-32/h3-6,9-10,23-29,31-41H,7-8,11-14H2,1-2H3/b18-17-/t23-,24-,25-,26-,27+,28+,29-,31-,32-/m1/s1. The predicted octanol–water partition coefficient (Wildman–Crippen LogP) is -1.96. The third-order valence-electron chi connectivity index (χ3n) is 8.21. The van der Waals surface area contributed by atoms with E-state index in [2.05, 4.69) is 0 Å². The second-order valence-electron chi connectivity index (χ2n) is 11.4. The highest BCUT2D eigenvalue weighted by molar-refractivity contribution is 5.87. The molecule has 16 heteroatoms. The third-order valence-corrected chi connectivity index (χ3v) is 8.21. The number of carbonyl (C=O) groups is 1. The van der Waals surface area contributed by atoms with E-state index in [9.17, 15) is 50.8 Å². The normalized spacial score (nSPS) is 29.8. The van der Waals surface area contributed by atoms with Crippen LogP contribution in [0.1, 0.15) is 11.1 Å². The molecule has 48 heavy (non-hydrogen) atoms. The average molecular weight is 683 g/mol. The van der Waals surface area contributed by atoms with Gasteiger partial charge >= 0.3 is 0 Å². The number of Topliss-reactive ketones (excluding diaryl/α,β-unsaturated/α-hetero) is 1. The Balaban J connectivity index is 1.74. The first-order chi connectivity index (χ1) is 22.9. The van der Waals surface area contributed by atoms with E-state index in [0.717, 1.165) is 0 Å². The number of benzene rings is 2. The number of ether oxygens (including phenoxy) is 6. The van der Waals surface area contributed by atoms with Gasteiger partial charge in [-0.15, -0.1) is 0 Å². The molecule has 266 valence electrons. The van der Waals surface area contributed by atoms with Crippen LogP contribution < -0.4 is 9.47 Å². The lowest BCUT2D eigenvalue weighted by atomic mass is 9.95. The minimum atomic E-state index is -1.88. The van der Waals surface area contributed by atoms with Crippen LogP contribution in [0.3, 0.4) is 0 Å². The molecule has 0 bridgehead atoms. The zero-order valence-electron chi connectivity index (χ0n) is 26.3. The molecule has 2 aliphatic heterocycles. The number of ketones is 1. The number of aliphatic hydroxyl groups is 7. The summed E-state index contributed by atoms with van der Waals surface area (Å²) in [6.07, 6.45) is -14.1. The van der Waals surface area contributed by atoms with Crippen molar-refractivity contribution in [1.29, 1.82) is 0 Å².